The van der Waals surface area contributed by atoms with E-state index < -0.39 is 0 Å². The summed E-state index contributed by atoms with van der Waals surface area (Å²) in [6.45, 7) is 5.12. The Morgan fingerprint density at radius 2 is 2.21 bits per heavy atom. The molecule has 8 heteroatoms. The Balaban J connectivity index is 1.29. The van der Waals surface area contributed by atoms with Gasteiger partial charge < -0.3 is 14.2 Å². The van der Waals surface area contributed by atoms with Crippen LogP contribution < -0.4 is 0 Å². The first kappa shape index (κ1) is 15.7. The maximum atomic E-state index is 12.4. The van der Waals surface area contributed by atoms with Gasteiger partial charge in [0.2, 0.25) is 5.91 Å². The molecule has 128 valence electrons. The number of hydrogen-bond acceptors (Lipinski definition) is 7. The highest BCUT2D eigenvalue weighted by atomic mass is 32.1. The van der Waals surface area contributed by atoms with Gasteiger partial charge >= 0.3 is 0 Å². The van der Waals surface area contributed by atoms with Gasteiger partial charge in [-0.25, -0.2) is 0 Å². The van der Waals surface area contributed by atoms with Crippen LogP contribution in [0.25, 0.3) is 10.8 Å². The lowest BCUT2D eigenvalue weighted by molar-refractivity contribution is -0.137. The number of rotatable bonds is 4. The molecule has 2 aromatic heterocycles. The summed E-state index contributed by atoms with van der Waals surface area (Å²) in [5.41, 5.74) is 0. The lowest BCUT2D eigenvalue weighted by atomic mass is 10.1. The number of piperazine rings is 1. The number of hydrogen-bond donors (Lipinski definition) is 0. The number of aromatic nitrogens is 2. The number of nitrogens with zero attached hydrogens (tertiary/aromatic N) is 4. The molecule has 2 saturated heterocycles. The molecule has 24 heavy (non-hydrogen) atoms. The topological polar surface area (TPSA) is 71.7 Å². The maximum absolute atomic E-state index is 12.4. The first-order valence-electron chi connectivity index (χ1n) is 8.25. The minimum atomic E-state index is 0.0575. The monoisotopic (exact) mass is 348 g/mol. The van der Waals surface area contributed by atoms with E-state index in [1.54, 1.807) is 11.3 Å². The van der Waals surface area contributed by atoms with Gasteiger partial charge in [0, 0.05) is 32.8 Å². The minimum absolute atomic E-state index is 0.0575. The highest BCUT2D eigenvalue weighted by Gasteiger charge is 2.30. The van der Waals surface area contributed by atoms with Crippen LogP contribution in [0.2, 0.25) is 0 Å². The van der Waals surface area contributed by atoms with E-state index in [2.05, 4.69) is 15.0 Å². The number of thiophene rings is 1. The van der Waals surface area contributed by atoms with Crippen LogP contribution in [0.4, 0.5) is 0 Å². The third kappa shape index (κ3) is 3.35. The van der Waals surface area contributed by atoms with E-state index in [0.717, 1.165) is 37.5 Å². The summed E-state index contributed by atoms with van der Waals surface area (Å²) in [5.74, 6) is 1.58. The van der Waals surface area contributed by atoms with Gasteiger partial charge in [-0.3, -0.25) is 9.69 Å². The third-order valence-corrected chi connectivity index (χ3v) is 5.39. The Morgan fingerprint density at radius 3 is 2.92 bits per heavy atom. The highest BCUT2D eigenvalue weighted by molar-refractivity contribution is 7.13. The van der Waals surface area contributed by atoms with E-state index in [1.807, 2.05) is 22.4 Å². The average molecular weight is 348 g/mol. The Kier molecular flexibility index (Phi) is 4.59. The fraction of sp³-hybridized carbons (Fsp3) is 0.562. The van der Waals surface area contributed by atoms with E-state index in [4.69, 9.17) is 9.26 Å². The molecule has 4 heterocycles. The molecule has 2 aliphatic heterocycles. The molecule has 4 rings (SSSR count). The van der Waals surface area contributed by atoms with Gasteiger partial charge in [0.25, 0.3) is 5.89 Å². The molecule has 0 N–H and O–H groups in total. The van der Waals surface area contributed by atoms with E-state index in [9.17, 15) is 4.79 Å². The van der Waals surface area contributed by atoms with Gasteiger partial charge in [-0.05, 0) is 17.9 Å². The Labute approximate surface area is 144 Å². The summed E-state index contributed by atoms with van der Waals surface area (Å²) in [7, 11) is 0. The lowest BCUT2D eigenvalue weighted by Crippen LogP contribution is -2.50. The molecule has 2 aliphatic rings. The fourth-order valence-corrected chi connectivity index (χ4v) is 3.78. The van der Waals surface area contributed by atoms with Crippen molar-refractivity contribution >= 4 is 17.2 Å². The van der Waals surface area contributed by atoms with Gasteiger partial charge in [-0.15, -0.1) is 11.3 Å². The van der Waals surface area contributed by atoms with Crippen LogP contribution in [0.1, 0.15) is 12.2 Å². The van der Waals surface area contributed by atoms with Crippen LogP contribution in [0.5, 0.6) is 0 Å². The van der Waals surface area contributed by atoms with Crippen molar-refractivity contribution in [1.82, 2.24) is 19.9 Å². The molecule has 0 unspecified atom stereocenters. The normalized spacial score (nSPS) is 22.2. The zero-order valence-electron chi connectivity index (χ0n) is 13.4. The molecule has 1 amide bonds. The maximum Gasteiger partial charge on any atom is 0.268 e. The second-order valence-corrected chi connectivity index (χ2v) is 7.10. The second-order valence-electron chi connectivity index (χ2n) is 6.16. The van der Waals surface area contributed by atoms with Crippen molar-refractivity contribution in [1.29, 1.82) is 0 Å². The van der Waals surface area contributed by atoms with Crippen molar-refractivity contribution in [3.63, 3.8) is 0 Å². The van der Waals surface area contributed by atoms with Crippen molar-refractivity contribution in [2.75, 3.05) is 39.4 Å². The molecule has 0 bridgehead atoms. The first-order valence-corrected chi connectivity index (χ1v) is 9.13. The van der Waals surface area contributed by atoms with Crippen molar-refractivity contribution in [2.24, 2.45) is 5.92 Å². The summed E-state index contributed by atoms with van der Waals surface area (Å²) >= 11 is 1.59. The summed E-state index contributed by atoms with van der Waals surface area (Å²) < 4.78 is 10.6. The van der Waals surface area contributed by atoms with Gasteiger partial charge in [0.15, 0.2) is 5.82 Å². The molecule has 0 aliphatic carbocycles. The standard InChI is InChI=1S/C16H20N4O3S/c21-16(12-3-8-22-11-12)20-6-4-19(5-7-20)10-14-17-15(23-18-14)13-2-1-9-24-13/h1-2,9,12H,3-8,10-11H2/t12-/m1/s1. The molecule has 2 aromatic rings. The van der Waals surface area contributed by atoms with Crippen molar-refractivity contribution in [3.8, 4) is 10.8 Å². The highest BCUT2D eigenvalue weighted by Crippen LogP contribution is 2.23. The van der Waals surface area contributed by atoms with Crippen molar-refractivity contribution < 1.29 is 14.1 Å². The summed E-state index contributed by atoms with van der Waals surface area (Å²) in [5, 5.41) is 6.06. The lowest BCUT2D eigenvalue weighted by Gasteiger charge is -2.35. The molecule has 1 atom stereocenters. The average Bonchev–Trinajstić information content (AvgIpc) is 3.36. The molecule has 0 spiro atoms. The van der Waals surface area contributed by atoms with E-state index in [0.29, 0.717) is 31.5 Å². The fourth-order valence-electron chi connectivity index (χ4n) is 3.13. The predicted molar refractivity (Wildman–Crippen MR) is 88.4 cm³/mol. The predicted octanol–water partition coefficient (Wildman–Crippen LogP) is 1.48. The molecule has 0 saturated carbocycles. The van der Waals surface area contributed by atoms with Gasteiger partial charge in [-0.2, -0.15) is 4.98 Å². The summed E-state index contributed by atoms with van der Waals surface area (Å²) in [4.78, 5) is 22.1. The second kappa shape index (κ2) is 7.00. The number of amides is 1. The van der Waals surface area contributed by atoms with E-state index in [-0.39, 0.29) is 11.8 Å². The van der Waals surface area contributed by atoms with Crippen LogP contribution >= 0.6 is 11.3 Å². The number of ether oxygens (including phenoxy) is 1. The quantitative estimate of drug-likeness (QED) is 0.833. The van der Waals surface area contributed by atoms with Crippen molar-refractivity contribution in [2.45, 2.75) is 13.0 Å². The van der Waals surface area contributed by atoms with Crippen LogP contribution in [0, 0.1) is 5.92 Å². The van der Waals surface area contributed by atoms with Crippen LogP contribution in [0.15, 0.2) is 22.0 Å². The van der Waals surface area contributed by atoms with Crippen LogP contribution in [0.3, 0.4) is 0 Å². The molecule has 0 aromatic carbocycles. The largest absolute Gasteiger partial charge is 0.381 e. The van der Waals surface area contributed by atoms with E-state index in [1.165, 1.54) is 0 Å². The Hall–Kier alpha value is -1.77. The zero-order chi connectivity index (χ0) is 16.4. The molecule has 0 radical (unpaired) electrons. The SMILES string of the molecule is O=C([C@@H]1CCOC1)N1CCN(Cc2noc(-c3cccs3)n2)CC1. The molecular weight excluding hydrogens is 328 g/mol. The number of carbonyl (C=O) groups is 1. The minimum Gasteiger partial charge on any atom is -0.381 e. The summed E-state index contributed by atoms with van der Waals surface area (Å²) in [6, 6.07) is 3.94. The number of carbonyl (C=O) groups excluding carboxylic acids is 1. The van der Waals surface area contributed by atoms with Crippen LogP contribution in [-0.2, 0) is 16.1 Å². The van der Waals surface area contributed by atoms with Crippen LogP contribution in [-0.4, -0.2) is 65.2 Å². The smallest absolute Gasteiger partial charge is 0.268 e. The Morgan fingerprint density at radius 1 is 1.33 bits per heavy atom. The third-order valence-electron chi connectivity index (χ3n) is 4.53. The molecular formula is C16H20N4O3S. The first-order chi connectivity index (χ1) is 11.8. The van der Waals surface area contributed by atoms with Gasteiger partial charge in [0.1, 0.15) is 0 Å². The summed E-state index contributed by atoms with van der Waals surface area (Å²) in [6.07, 6.45) is 0.855. The van der Waals surface area contributed by atoms with Crippen molar-refractivity contribution in [3.05, 3.63) is 23.3 Å². The van der Waals surface area contributed by atoms with E-state index >= 15 is 0 Å². The Bertz CT molecular complexity index is 673. The van der Waals surface area contributed by atoms with Gasteiger partial charge in [-0.1, -0.05) is 11.2 Å². The zero-order valence-corrected chi connectivity index (χ0v) is 14.2. The molecule has 7 nitrogen and oxygen atoms in total. The molecule has 2 fully saturated rings. The van der Waals surface area contributed by atoms with Gasteiger partial charge in [0.05, 0.1) is 23.9 Å².